The second-order valence-electron chi connectivity index (χ2n) is 3.09. The highest BCUT2D eigenvalue weighted by Gasteiger charge is 2.07. The standard InChI is InChI=1S/C10H15N3OS/c1-15-5-4-13-9-3-2-7(11)6-8(9)10(12)14/h2-3,6,13H,4-5,11H2,1H3,(H2,12,14). The molecule has 0 fully saturated rings. The number of benzene rings is 1. The third kappa shape index (κ3) is 3.36. The van der Waals surface area contributed by atoms with Gasteiger partial charge in [-0.2, -0.15) is 11.8 Å². The molecule has 0 bridgehead atoms. The fourth-order valence-electron chi connectivity index (χ4n) is 1.21. The fourth-order valence-corrected chi connectivity index (χ4v) is 1.51. The third-order valence-corrected chi connectivity index (χ3v) is 2.54. The molecule has 0 aliphatic carbocycles. The maximum absolute atomic E-state index is 11.1. The summed E-state index contributed by atoms with van der Waals surface area (Å²) in [7, 11) is 0. The van der Waals surface area contributed by atoms with Gasteiger partial charge in [-0.05, 0) is 24.5 Å². The Balaban J connectivity index is 2.81. The minimum atomic E-state index is -0.464. The van der Waals surface area contributed by atoms with Gasteiger partial charge in [0.15, 0.2) is 0 Å². The van der Waals surface area contributed by atoms with Crippen LogP contribution in [0.2, 0.25) is 0 Å². The van der Waals surface area contributed by atoms with Gasteiger partial charge in [0, 0.05) is 23.7 Å². The molecule has 0 aromatic heterocycles. The summed E-state index contributed by atoms with van der Waals surface area (Å²) in [5.41, 5.74) is 12.6. The number of amides is 1. The first-order valence-electron chi connectivity index (χ1n) is 4.57. The number of hydrogen-bond donors (Lipinski definition) is 3. The Morgan fingerprint density at radius 2 is 2.27 bits per heavy atom. The van der Waals surface area contributed by atoms with Crippen LogP contribution >= 0.6 is 11.8 Å². The molecule has 4 nitrogen and oxygen atoms in total. The lowest BCUT2D eigenvalue weighted by molar-refractivity contribution is 0.100. The topological polar surface area (TPSA) is 81.1 Å². The van der Waals surface area contributed by atoms with Crippen LogP contribution in [-0.2, 0) is 0 Å². The van der Waals surface area contributed by atoms with Gasteiger partial charge in [-0.25, -0.2) is 0 Å². The molecule has 0 spiro atoms. The molecule has 1 aromatic rings. The van der Waals surface area contributed by atoms with Crippen molar-refractivity contribution in [2.24, 2.45) is 5.73 Å². The summed E-state index contributed by atoms with van der Waals surface area (Å²) in [6, 6.07) is 5.10. The second kappa shape index (κ2) is 5.50. The van der Waals surface area contributed by atoms with Crippen molar-refractivity contribution in [2.75, 3.05) is 29.6 Å². The number of hydrogen-bond acceptors (Lipinski definition) is 4. The second-order valence-corrected chi connectivity index (χ2v) is 4.07. The lowest BCUT2D eigenvalue weighted by Crippen LogP contribution is -2.15. The van der Waals surface area contributed by atoms with Crippen molar-refractivity contribution in [1.29, 1.82) is 0 Å². The summed E-state index contributed by atoms with van der Waals surface area (Å²) in [5.74, 6) is 0.511. The Labute approximate surface area is 93.4 Å². The van der Waals surface area contributed by atoms with E-state index >= 15 is 0 Å². The zero-order chi connectivity index (χ0) is 11.3. The Bertz CT molecular complexity index is 355. The van der Waals surface area contributed by atoms with Crippen molar-refractivity contribution in [3.63, 3.8) is 0 Å². The van der Waals surface area contributed by atoms with Crippen LogP contribution in [0.1, 0.15) is 10.4 Å². The third-order valence-electron chi connectivity index (χ3n) is 1.93. The molecule has 0 saturated heterocycles. The molecule has 1 amide bonds. The monoisotopic (exact) mass is 225 g/mol. The first-order valence-corrected chi connectivity index (χ1v) is 5.96. The van der Waals surface area contributed by atoms with Crippen LogP contribution in [0.3, 0.4) is 0 Å². The SMILES string of the molecule is CSCCNc1ccc(N)cc1C(N)=O. The molecule has 0 atom stereocenters. The van der Waals surface area contributed by atoms with E-state index in [2.05, 4.69) is 5.32 Å². The lowest BCUT2D eigenvalue weighted by Gasteiger charge is -2.09. The maximum Gasteiger partial charge on any atom is 0.250 e. The summed E-state index contributed by atoms with van der Waals surface area (Å²) in [6.07, 6.45) is 2.03. The number of primary amides is 1. The molecule has 1 rings (SSSR count). The largest absolute Gasteiger partial charge is 0.399 e. The zero-order valence-corrected chi connectivity index (χ0v) is 9.43. The van der Waals surface area contributed by atoms with Crippen LogP contribution in [0.4, 0.5) is 11.4 Å². The van der Waals surface area contributed by atoms with E-state index < -0.39 is 5.91 Å². The predicted octanol–water partition coefficient (Wildman–Crippen LogP) is 1.14. The predicted molar refractivity (Wildman–Crippen MR) is 66.2 cm³/mol. The van der Waals surface area contributed by atoms with Crippen LogP contribution in [0.15, 0.2) is 18.2 Å². The smallest absolute Gasteiger partial charge is 0.250 e. The van der Waals surface area contributed by atoms with Gasteiger partial charge in [0.25, 0.3) is 5.91 Å². The molecular formula is C10H15N3OS. The Morgan fingerprint density at radius 3 is 2.87 bits per heavy atom. The minimum absolute atomic E-state index is 0.441. The van der Waals surface area contributed by atoms with Crippen molar-refractivity contribution in [3.05, 3.63) is 23.8 Å². The Hall–Kier alpha value is -1.36. The van der Waals surface area contributed by atoms with E-state index in [1.807, 2.05) is 6.26 Å². The molecular weight excluding hydrogens is 210 g/mol. The summed E-state index contributed by atoms with van der Waals surface area (Å²) in [6.45, 7) is 0.797. The highest BCUT2D eigenvalue weighted by atomic mass is 32.2. The average molecular weight is 225 g/mol. The molecule has 1 aromatic carbocycles. The highest BCUT2D eigenvalue weighted by Crippen LogP contribution is 2.18. The van der Waals surface area contributed by atoms with Crippen molar-refractivity contribution in [3.8, 4) is 0 Å². The molecule has 15 heavy (non-hydrogen) atoms. The molecule has 0 heterocycles. The van der Waals surface area contributed by atoms with E-state index in [4.69, 9.17) is 11.5 Å². The highest BCUT2D eigenvalue weighted by molar-refractivity contribution is 7.98. The maximum atomic E-state index is 11.1. The average Bonchev–Trinajstić information content (AvgIpc) is 2.20. The number of nitrogens with one attached hydrogen (secondary N) is 1. The molecule has 82 valence electrons. The number of anilines is 2. The number of thioether (sulfide) groups is 1. The van der Waals surface area contributed by atoms with E-state index in [1.165, 1.54) is 0 Å². The fraction of sp³-hybridized carbons (Fsp3) is 0.300. The minimum Gasteiger partial charge on any atom is -0.399 e. The van der Waals surface area contributed by atoms with Crippen molar-refractivity contribution < 1.29 is 4.79 Å². The van der Waals surface area contributed by atoms with Gasteiger partial charge in [0.1, 0.15) is 0 Å². The molecule has 0 aliphatic heterocycles. The summed E-state index contributed by atoms with van der Waals surface area (Å²) < 4.78 is 0. The van der Waals surface area contributed by atoms with Gasteiger partial charge < -0.3 is 16.8 Å². The van der Waals surface area contributed by atoms with Gasteiger partial charge in [-0.1, -0.05) is 0 Å². The number of carbonyl (C=O) groups is 1. The molecule has 5 heteroatoms. The normalized spacial score (nSPS) is 9.93. The number of nitrogen functional groups attached to an aromatic ring is 1. The summed E-state index contributed by atoms with van der Waals surface area (Å²) >= 11 is 1.73. The van der Waals surface area contributed by atoms with Crippen molar-refractivity contribution >= 4 is 29.0 Å². The summed E-state index contributed by atoms with van der Waals surface area (Å²) in [4.78, 5) is 11.1. The lowest BCUT2D eigenvalue weighted by atomic mass is 10.1. The van der Waals surface area contributed by atoms with Crippen LogP contribution in [0.5, 0.6) is 0 Å². The van der Waals surface area contributed by atoms with E-state index in [9.17, 15) is 4.79 Å². The Morgan fingerprint density at radius 1 is 1.53 bits per heavy atom. The van der Waals surface area contributed by atoms with Crippen LogP contribution in [0.25, 0.3) is 0 Å². The van der Waals surface area contributed by atoms with E-state index in [1.54, 1.807) is 30.0 Å². The number of nitrogens with two attached hydrogens (primary N) is 2. The summed E-state index contributed by atoms with van der Waals surface area (Å²) in [5, 5.41) is 3.15. The van der Waals surface area contributed by atoms with Gasteiger partial charge in [-0.3, -0.25) is 4.79 Å². The molecule has 0 saturated carbocycles. The quantitative estimate of drug-likeness (QED) is 0.518. The first kappa shape index (κ1) is 11.7. The molecule has 0 radical (unpaired) electrons. The van der Waals surface area contributed by atoms with Gasteiger partial charge in [0.2, 0.25) is 0 Å². The number of carbonyl (C=O) groups excluding carboxylic acids is 1. The Kier molecular flexibility index (Phi) is 4.30. The van der Waals surface area contributed by atoms with Gasteiger partial charge >= 0.3 is 0 Å². The van der Waals surface area contributed by atoms with E-state index in [-0.39, 0.29) is 0 Å². The van der Waals surface area contributed by atoms with Crippen molar-refractivity contribution in [2.45, 2.75) is 0 Å². The number of rotatable bonds is 5. The first-order chi connectivity index (χ1) is 7.15. The van der Waals surface area contributed by atoms with E-state index in [0.717, 1.165) is 18.0 Å². The van der Waals surface area contributed by atoms with Crippen LogP contribution in [-0.4, -0.2) is 24.5 Å². The van der Waals surface area contributed by atoms with Crippen LogP contribution in [0, 0.1) is 0 Å². The molecule has 0 aliphatic rings. The van der Waals surface area contributed by atoms with E-state index in [0.29, 0.717) is 11.3 Å². The molecule has 5 N–H and O–H groups in total. The van der Waals surface area contributed by atoms with Gasteiger partial charge in [0.05, 0.1) is 5.56 Å². The zero-order valence-electron chi connectivity index (χ0n) is 8.62. The molecule has 0 unspecified atom stereocenters. The van der Waals surface area contributed by atoms with Crippen LogP contribution < -0.4 is 16.8 Å². The van der Waals surface area contributed by atoms with Crippen molar-refractivity contribution in [1.82, 2.24) is 0 Å². The van der Waals surface area contributed by atoms with Gasteiger partial charge in [-0.15, -0.1) is 0 Å².